The van der Waals surface area contributed by atoms with Gasteiger partial charge in [0.1, 0.15) is 5.69 Å². The van der Waals surface area contributed by atoms with Crippen LogP contribution in [0.1, 0.15) is 35.0 Å². The van der Waals surface area contributed by atoms with Crippen LogP contribution in [-0.4, -0.2) is 34.0 Å². The number of rotatable bonds is 6. The predicted molar refractivity (Wildman–Crippen MR) is 105 cm³/mol. The Labute approximate surface area is 155 Å². The Hall–Kier alpha value is -2.88. The Kier molecular flexibility index (Phi) is 5.52. The van der Waals surface area contributed by atoms with E-state index in [1.54, 1.807) is 17.3 Å². The van der Waals surface area contributed by atoms with E-state index in [1.165, 1.54) is 11.1 Å². The van der Waals surface area contributed by atoms with Crippen molar-refractivity contribution in [2.75, 3.05) is 13.6 Å². The number of hydrogen-bond donors (Lipinski definition) is 0. The van der Waals surface area contributed by atoms with E-state index >= 15 is 0 Å². The minimum Gasteiger partial charge on any atom is -0.340 e. The molecule has 0 atom stereocenters. The molecule has 0 saturated heterocycles. The Bertz CT molecular complexity index is 866. The number of carbonyl (C=O) groups is 1. The molecule has 0 bridgehead atoms. The van der Waals surface area contributed by atoms with Crippen molar-refractivity contribution in [1.82, 2.24) is 14.5 Å². The van der Waals surface area contributed by atoms with Crippen LogP contribution in [0.15, 0.2) is 61.1 Å². The lowest BCUT2D eigenvalue weighted by Crippen LogP contribution is -2.29. The van der Waals surface area contributed by atoms with Crippen molar-refractivity contribution >= 4 is 5.91 Å². The average molecular weight is 347 g/mol. The molecule has 4 nitrogen and oxygen atoms in total. The highest BCUT2D eigenvalue weighted by Gasteiger charge is 2.18. The minimum atomic E-state index is 0.0549. The molecule has 2 heterocycles. The van der Waals surface area contributed by atoms with E-state index in [0.717, 1.165) is 24.1 Å². The van der Waals surface area contributed by atoms with Crippen LogP contribution in [0.3, 0.4) is 0 Å². The molecule has 1 amide bonds. The molecular formula is C22H25N3O. The summed E-state index contributed by atoms with van der Waals surface area (Å²) in [6.45, 7) is 5.58. The van der Waals surface area contributed by atoms with E-state index in [4.69, 9.17) is 0 Å². The second-order valence-corrected chi connectivity index (χ2v) is 6.69. The fourth-order valence-electron chi connectivity index (χ4n) is 3.05. The number of carbonyl (C=O) groups excluding carboxylic acids is 1. The molecule has 0 aliphatic heterocycles. The molecule has 2 aromatic heterocycles. The minimum absolute atomic E-state index is 0.0549. The number of aryl methyl sites for hydroxylation is 1. The molecule has 0 spiro atoms. The molecule has 0 radical (unpaired) electrons. The second-order valence-electron chi connectivity index (χ2n) is 6.69. The van der Waals surface area contributed by atoms with Gasteiger partial charge in [-0.05, 0) is 42.7 Å². The normalized spacial score (nSPS) is 10.7. The van der Waals surface area contributed by atoms with Crippen LogP contribution in [0.5, 0.6) is 0 Å². The first-order chi connectivity index (χ1) is 12.6. The van der Waals surface area contributed by atoms with Gasteiger partial charge in [-0.3, -0.25) is 9.78 Å². The molecule has 134 valence electrons. The van der Waals surface area contributed by atoms with Crippen molar-refractivity contribution < 1.29 is 4.79 Å². The van der Waals surface area contributed by atoms with Crippen molar-refractivity contribution in [3.05, 3.63) is 77.9 Å². The van der Waals surface area contributed by atoms with E-state index in [0.29, 0.717) is 12.2 Å². The van der Waals surface area contributed by atoms with Crippen LogP contribution in [-0.2, 0) is 6.54 Å². The monoisotopic (exact) mass is 347 g/mol. The van der Waals surface area contributed by atoms with Crippen LogP contribution < -0.4 is 0 Å². The predicted octanol–water partition coefficient (Wildman–Crippen LogP) is 4.39. The first-order valence-electron chi connectivity index (χ1n) is 9.00. The number of hydrogen-bond acceptors (Lipinski definition) is 2. The Morgan fingerprint density at radius 2 is 1.77 bits per heavy atom. The van der Waals surface area contributed by atoms with E-state index in [-0.39, 0.29) is 5.91 Å². The topological polar surface area (TPSA) is 38.1 Å². The molecule has 0 N–H and O–H groups in total. The smallest absolute Gasteiger partial charge is 0.270 e. The first kappa shape index (κ1) is 17.9. The van der Waals surface area contributed by atoms with Gasteiger partial charge in [-0.2, -0.15) is 0 Å². The molecule has 0 fully saturated rings. The van der Waals surface area contributed by atoms with Gasteiger partial charge in [0, 0.05) is 44.3 Å². The molecule has 26 heavy (non-hydrogen) atoms. The van der Waals surface area contributed by atoms with Gasteiger partial charge in [-0.25, -0.2) is 0 Å². The van der Waals surface area contributed by atoms with Crippen LogP contribution in [0.4, 0.5) is 0 Å². The zero-order chi connectivity index (χ0) is 18.5. The standard InChI is InChI=1S/C22H25N3O/c1-4-13-24(3)22(26)21-14-20(19-9-11-23-12-10-19)16-25(21)15-18-7-5-17(2)6-8-18/h5-12,14,16H,4,13,15H2,1-3H3. The van der Waals surface area contributed by atoms with Crippen LogP contribution in [0.2, 0.25) is 0 Å². The Morgan fingerprint density at radius 1 is 1.08 bits per heavy atom. The molecule has 0 unspecified atom stereocenters. The molecule has 3 rings (SSSR count). The van der Waals surface area contributed by atoms with Gasteiger partial charge >= 0.3 is 0 Å². The molecular weight excluding hydrogens is 322 g/mol. The Balaban J connectivity index is 1.98. The summed E-state index contributed by atoms with van der Waals surface area (Å²) in [4.78, 5) is 18.8. The van der Waals surface area contributed by atoms with Crippen molar-refractivity contribution in [3.8, 4) is 11.1 Å². The van der Waals surface area contributed by atoms with Gasteiger partial charge in [-0.15, -0.1) is 0 Å². The average Bonchev–Trinajstić information content (AvgIpc) is 3.07. The van der Waals surface area contributed by atoms with Crippen LogP contribution >= 0.6 is 0 Å². The third kappa shape index (κ3) is 4.02. The summed E-state index contributed by atoms with van der Waals surface area (Å²) in [6, 6.07) is 14.4. The summed E-state index contributed by atoms with van der Waals surface area (Å²) in [7, 11) is 1.86. The van der Waals surface area contributed by atoms with Gasteiger partial charge in [0.25, 0.3) is 5.91 Å². The second kappa shape index (κ2) is 8.00. The van der Waals surface area contributed by atoms with Gasteiger partial charge in [0.2, 0.25) is 0 Å². The molecule has 0 aliphatic rings. The maximum Gasteiger partial charge on any atom is 0.270 e. The third-order valence-electron chi connectivity index (χ3n) is 4.51. The maximum absolute atomic E-state index is 12.9. The fraction of sp³-hybridized carbons (Fsp3) is 0.273. The summed E-state index contributed by atoms with van der Waals surface area (Å²) >= 11 is 0. The van der Waals surface area contributed by atoms with E-state index in [2.05, 4.69) is 53.9 Å². The van der Waals surface area contributed by atoms with Crippen LogP contribution in [0, 0.1) is 6.92 Å². The summed E-state index contributed by atoms with van der Waals surface area (Å²) < 4.78 is 2.05. The maximum atomic E-state index is 12.9. The lowest BCUT2D eigenvalue weighted by Gasteiger charge is -2.17. The van der Waals surface area contributed by atoms with Crippen molar-refractivity contribution in [2.24, 2.45) is 0 Å². The molecule has 3 aromatic rings. The third-order valence-corrected chi connectivity index (χ3v) is 4.51. The number of aromatic nitrogens is 2. The highest BCUT2D eigenvalue weighted by atomic mass is 16.2. The molecule has 1 aromatic carbocycles. The van der Waals surface area contributed by atoms with Gasteiger partial charge in [0.05, 0.1) is 0 Å². The van der Waals surface area contributed by atoms with Crippen molar-refractivity contribution in [3.63, 3.8) is 0 Å². The zero-order valence-corrected chi connectivity index (χ0v) is 15.6. The van der Waals surface area contributed by atoms with Gasteiger partial charge in [0.15, 0.2) is 0 Å². The lowest BCUT2D eigenvalue weighted by molar-refractivity contribution is 0.0785. The highest BCUT2D eigenvalue weighted by molar-refractivity contribution is 5.94. The lowest BCUT2D eigenvalue weighted by atomic mass is 10.1. The van der Waals surface area contributed by atoms with Gasteiger partial charge < -0.3 is 9.47 Å². The number of nitrogens with zero attached hydrogens (tertiary/aromatic N) is 3. The summed E-state index contributed by atoms with van der Waals surface area (Å²) in [5, 5.41) is 0. The summed E-state index contributed by atoms with van der Waals surface area (Å²) in [5.41, 5.74) is 5.23. The first-order valence-corrected chi connectivity index (χ1v) is 9.00. The highest BCUT2D eigenvalue weighted by Crippen LogP contribution is 2.23. The van der Waals surface area contributed by atoms with Gasteiger partial charge in [-0.1, -0.05) is 36.8 Å². The summed E-state index contributed by atoms with van der Waals surface area (Å²) in [6.07, 6.45) is 6.55. The summed E-state index contributed by atoms with van der Waals surface area (Å²) in [5.74, 6) is 0.0549. The van der Waals surface area contributed by atoms with E-state index in [9.17, 15) is 4.79 Å². The fourth-order valence-corrected chi connectivity index (χ4v) is 3.05. The largest absolute Gasteiger partial charge is 0.340 e. The quantitative estimate of drug-likeness (QED) is 0.663. The number of amides is 1. The Morgan fingerprint density at radius 3 is 2.42 bits per heavy atom. The number of benzene rings is 1. The van der Waals surface area contributed by atoms with E-state index in [1.807, 2.05) is 25.2 Å². The van der Waals surface area contributed by atoms with Crippen molar-refractivity contribution in [2.45, 2.75) is 26.8 Å². The molecule has 4 heteroatoms. The number of pyridine rings is 1. The zero-order valence-electron chi connectivity index (χ0n) is 15.6. The van der Waals surface area contributed by atoms with Crippen LogP contribution in [0.25, 0.3) is 11.1 Å². The van der Waals surface area contributed by atoms with Crippen molar-refractivity contribution in [1.29, 1.82) is 0 Å². The SMILES string of the molecule is CCCN(C)C(=O)c1cc(-c2ccncc2)cn1Cc1ccc(C)cc1. The molecule has 0 aliphatic carbocycles. The molecule has 0 saturated carbocycles. The van der Waals surface area contributed by atoms with E-state index < -0.39 is 0 Å².